The Morgan fingerprint density at radius 2 is 2.00 bits per heavy atom. The second-order valence-electron chi connectivity index (χ2n) is 3.44. The van der Waals surface area contributed by atoms with Gasteiger partial charge in [0.05, 0.1) is 0 Å². The summed E-state index contributed by atoms with van der Waals surface area (Å²) in [6.45, 7) is 3.98. The van der Waals surface area contributed by atoms with Crippen LogP contribution in [-0.2, 0) is 0 Å². The third kappa shape index (κ3) is 2.64. The minimum Gasteiger partial charge on any atom is -0.324 e. The Labute approximate surface area is 91.7 Å². The molecule has 0 radical (unpaired) electrons. The monoisotopic (exact) mass is 293 g/mol. The fourth-order valence-electron chi connectivity index (χ4n) is 1.13. The minimum atomic E-state index is -0.213. The van der Waals surface area contributed by atoms with Crippen LogP contribution < -0.4 is 5.73 Å². The van der Waals surface area contributed by atoms with Gasteiger partial charge in [0.2, 0.25) is 0 Å². The molecule has 1 aromatic rings. The topological polar surface area (TPSA) is 26.0 Å². The lowest BCUT2D eigenvalue weighted by Gasteiger charge is -2.16. The maximum absolute atomic E-state index is 13.3. The smallest absolute Gasteiger partial charge is 0.128 e. The molecule has 72 valence electrons. The van der Waals surface area contributed by atoms with Gasteiger partial charge < -0.3 is 5.73 Å². The molecule has 0 heterocycles. The second-order valence-corrected chi connectivity index (χ2v) is 4.68. The molecule has 0 saturated heterocycles. The van der Waals surface area contributed by atoms with Gasteiger partial charge in [0.15, 0.2) is 0 Å². The molecule has 2 N–H and O–H groups in total. The van der Waals surface area contributed by atoms with E-state index >= 15 is 0 Å². The van der Waals surface area contributed by atoms with Crippen molar-refractivity contribution in [3.05, 3.63) is 33.1 Å². The predicted molar refractivity (Wildman–Crippen MR) is 60.9 cm³/mol. The Bertz CT molecular complexity index is 299. The molecule has 13 heavy (non-hydrogen) atoms. The van der Waals surface area contributed by atoms with E-state index in [1.54, 1.807) is 12.1 Å². The highest BCUT2D eigenvalue weighted by Crippen LogP contribution is 2.23. The van der Waals surface area contributed by atoms with E-state index < -0.39 is 0 Å². The molecule has 0 fully saturated rings. The summed E-state index contributed by atoms with van der Waals surface area (Å²) in [4.78, 5) is 0. The van der Waals surface area contributed by atoms with Gasteiger partial charge >= 0.3 is 0 Å². The molecular weight excluding hydrogens is 280 g/mol. The van der Waals surface area contributed by atoms with Crippen molar-refractivity contribution >= 4 is 22.6 Å². The van der Waals surface area contributed by atoms with Gasteiger partial charge in [0.1, 0.15) is 5.82 Å². The molecule has 0 aromatic heterocycles. The summed E-state index contributed by atoms with van der Waals surface area (Å²) in [5.41, 5.74) is 6.48. The predicted octanol–water partition coefficient (Wildman–Crippen LogP) is 3.09. The highest BCUT2D eigenvalue weighted by Gasteiger charge is 2.14. The largest absolute Gasteiger partial charge is 0.324 e. The van der Waals surface area contributed by atoms with Crippen LogP contribution in [0.1, 0.15) is 25.5 Å². The molecule has 1 atom stereocenters. The SMILES string of the molecule is CC(C)[C@@H](N)c1cc(I)ccc1F. The van der Waals surface area contributed by atoms with Gasteiger partial charge in [-0.15, -0.1) is 0 Å². The Morgan fingerprint density at radius 1 is 1.38 bits per heavy atom. The molecule has 0 aliphatic rings. The summed E-state index contributed by atoms with van der Waals surface area (Å²) >= 11 is 2.16. The van der Waals surface area contributed by atoms with E-state index in [1.165, 1.54) is 6.07 Å². The van der Waals surface area contributed by atoms with Gasteiger partial charge in [-0.1, -0.05) is 13.8 Å². The molecule has 0 aliphatic carbocycles. The first-order valence-electron chi connectivity index (χ1n) is 4.23. The lowest BCUT2D eigenvalue weighted by Crippen LogP contribution is -2.18. The molecule has 0 bridgehead atoms. The van der Waals surface area contributed by atoms with Crippen LogP contribution in [0, 0.1) is 15.3 Å². The summed E-state index contributed by atoms with van der Waals surface area (Å²) in [6, 6.07) is 4.81. The maximum atomic E-state index is 13.3. The van der Waals surface area contributed by atoms with Crippen LogP contribution in [0.5, 0.6) is 0 Å². The molecular formula is C10H13FIN. The first-order chi connectivity index (χ1) is 6.02. The van der Waals surface area contributed by atoms with Crippen molar-refractivity contribution in [3.8, 4) is 0 Å². The molecule has 0 spiro atoms. The van der Waals surface area contributed by atoms with E-state index in [1.807, 2.05) is 13.8 Å². The van der Waals surface area contributed by atoms with Crippen molar-refractivity contribution in [2.75, 3.05) is 0 Å². The summed E-state index contributed by atoms with van der Waals surface area (Å²) in [6.07, 6.45) is 0. The third-order valence-corrected chi connectivity index (χ3v) is 2.71. The van der Waals surface area contributed by atoms with Crippen molar-refractivity contribution in [3.63, 3.8) is 0 Å². The van der Waals surface area contributed by atoms with Crippen LogP contribution in [0.3, 0.4) is 0 Å². The van der Waals surface area contributed by atoms with E-state index in [0.717, 1.165) is 3.57 Å². The molecule has 1 rings (SSSR count). The van der Waals surface area contributed by atoms with E-state index in [2.05, 4.69) is 22.6 Å². The van der Waals surface area contributed by atoms with Crippen LogP contribution in [0.4, 0.5) is 4.39 Å². The van der Waals surface area contributed by atoms with Crippen molar-refractivity contribution in [2.24, 2.45) is 11.7 Å². The van der Waals surface area contributed by atoms with Crippen LogP contribution >= 0.6 is 22.6 Å². The molecule has 0 amide bonds. The second kappa shape index (κ2) is 4.37. The minimum absolute atomic E-state index is 0.207. The molecule has 0 saturated carbocycles. The van der Waals surface area contributed by atoms with Crippen molar-refractivity contribution in [2.45, 2.75) is 19.9 Å². The Balaban J connectivity index is 3.05. The maximum Gasteiger partial charge on any atom is 0.128 e. The van der Waals surface area contributed by atoms with Crippen LogP contribution in [0.25, 0.3) is 0 Å². The number of hydrogen-bond acceptors (Lipinski definition) is 1. The summed E-state index contributed by atoms with van der Waals surface area (Å²) < 4.78 is 14.3. The zero-order chi connectivity index (χ0) is 10.0. The average Bonchev–Trinajstić information content (AvgIpc) is 2.08. The van der Waals surface area contributed by atoms with Crippen molar-refractivity contribution < 1.29 is 4.39 Å². The lowest BCUT2D eigenvalue weighted by atomic mass is 9.97. The number of hydrogen-bond donors (Lipinski definition) is 1. The molecule has 0 unspecified atom stereocenters. The molecule has 1 aromatic carbocycles. The summed E-state index contributed by atoms with van der Waals surface area (Å²) in [5.74, 6) is 0.0503. The van der Waals surface area contributed by atoms with Gasteiger partial charge in [-0.05, 0) is 46.7 Å². The van der Waals surface area contributed by atoms with E-state index in [0.29, 0.717) is 5.56 Å². The van der Waals surface area contributed by atoms with Gasteiger partial charge in [-0.2, -0.15) is 0 Å². The first kappa shape index (κ1) is 10.9. The zero-order valence-corrected chi connectivity index (χ0v) is 9.88. The van der Waals surface area contributed by atoms with Crippen LogP contribution in [-0.4, -0.2) is 0 Å². The zero-order valence-electron chi connectivity index (χ0n) is 7.72. The highest BCUT2D eigenvalue weighted by atomic mass is 127. The fourth-order valence-corrected chi connectivity index (χ4v) is 1.64. The van der Waals surface area contributed by atoms with Crippen LogP contribution in [0.15, 0.2) is 18.2 Å². The molecule has 0 aliphatic heterocycles. The number of rotatable bonds is 2. The first-order valence-corrected chi connectivity index (χ1v) is 5.30. The Morgan fingerprint density at radius 3 is 2.54 bits per heavy atom. The number of nitrogens with two attached hydrogens (primary N) is 1. The van der Waals surface area contributed by atoms with Gasteiger partial charge in [0, 0.05) is 15.2 Å². The van der Waals surface area contributed by atoms with Gasteiger partial charge in [-0.3, -0.25) is 0 Å². The fraction of sp³-hybridized carbons (Fsp3) is 0.400. The van der Waals surface area contributed by atoms with Crippen LogP contribution in [0.2, 0.25) is 0 Å². The Kier molecular flexibility index (Phi) is 3.67. The van der Waals surface area contributed by atoms with E-state index in [4.69, 9.17) is 5.73 Å². The number of benzene rings is 1. The Hall–Kier alpha value is -0.160. The standard InChI is InChI=1S/C10H13FIN/c1-6(2)10(13)8-5-7(12)3-4-9(8)11/h3-6,10H,13H2,1-2H3/t10-/m1/s1. The quantitative estimate of drug-likeness (QED) is 0.833. The number of halogens is 2. The summed E-state index contributed by atoms with van der Waals surface area (Å²) in [7, 11) is 0. The molecule has 3 heteroatoms. The molecule has 1 nitrogen and oxygen atoms in total. The lowest BCUT2D eigenvalue weighted by molar-refractivity contribution is 0.484. The summed E-state index contributed by atoms with van der Waals surface area (Å²) in [5, 5.41) is 0. The van der Waals surface area contributed by atoms with Crippen molar-refractivity contribution in [1.29, 1.82) is 0 Å². The van der Waals surface area contributed by atoms with Gasteiger partial charge in [0.25, 0.3) is 0 Å². The van der Waals surface area contributed by atoms with Gasteiger partial charge in [-0.25, -0.2) is 4.39 Å². The highest BCUT2D eigenvalue weighted by molar-refractivity contribution is 14.1. The van der Waals surface area contributed by atoms with E-state index in [9.17, 15) is 4.39 Å². The van der Waals surface area contributed by atoms with E-state index in [-0.39, 0.29) is 17.8 Å². The average molecular weight is 293 g/mol. The van der Waals surface area contributed by atoms with Crippen molar-refractivity contribution in [1.82, 2.24) is 0 Å². The normalized spacial score (nSPS) is 13.4. The third-order valence-electron chi connectivity index (χ3n) is 2.04.